The van der Waals surface area contributed by atoms with E-state index in [1.807, 2.05) is 28.0 Å². The highest BCUT2D eigenvalue weighted by Crippen LogP contribution is 2.38. The molecule has 0 radical (unpaired) electrons. The summed E-state index contributed by atoms with van der Waals surface area (Å²) in [5.74, 6) is 0.540. The maximum Gasteiger partial charge on any atom is 0.223 e. The Labute approximate surface area is 164 Å². The van der Waals surface area contributed by atoms with Crippen LogP contribution < -0.4 is 5.32 Å². The van der Waals surface area contributed by atoms with Crippen LogP contribution in [-0.2, 0) is 9.53 Å². The number of amides is 1. The van der Waals surface area contributed by atoms with E-state index in [2.05, 4.69) is 34.2 Å². The van der Waals surface area contributed by atoms with Crippen molar-refractivity contribution in [2.45, 2.75) is 32.4 Å². The molecular formula is C19H25N7O2. The lowest BCUT2D eigenvalue weighted by Gasteiger charge is -2.27. The predicted molar refractivity (Wildman–Crippen MR) is 102 cm³/mol. The van der Waals surface area contributed by atoms with Gasteiger partial charge in [0, 0.05) is 62.7 Å². The summed E-state index contributed by atoms with van der Waals surface area (Å²) >= 11 is 0. The topological polar surface area (TPSA) is 109 Å². The number of hydrogen-bond acceptors (Lipinski definition) is 7. The lowest BCUT2D eigenvalue weighted by atomic mass is 9.95. The van der Waals surface area contributed by atoms with Crippen molar-refractivity contribution in [2.75, 3.05) is 32.1 Å². The lowest BCUT2D eigenvalue weighted by Crippen LogP contribution is -2.33. The first-order valence-electron chi connectivity index (χ1n) is 9.32. The normalized spacial score (nSPS) is 19.2. The zero-order chi connectivity index (χ0) is 20.1. The minimum absolute atomic E-state index is 0.0164. The molecular weight excluding hydrogens is 358 g/mol. The number of rotatable bonds is 8. The maximum atomic E-state index is 12.7. The van der Waals surface area contributed by atoms with Gasteiger partial charge in [0.25, 0.3) is 0 Å². The highest BCUT2D eigenvalue weighted by atomic mass is 16.5. The van der Waals surface area contributed by atoms with Gasteiger partial charge in [-0.15, -0.1) is 0 Å². The number of aromatic nitrogens is 4. The van der Waals surface area contributed by atoms with E-state index in [0.717, 1.165) is 5.56 Å². The number of likely N-dealkylation sites (tertiary alicyclic amines) is 1. The van der Waals surface area contributed by atoms with Crippen LogP contribution in [0.4, 0.5) is 5.82 Å². The van der Waals surface area contributed by atoms with Crippen LogP contribution in [0.3, 0.4) is 0 Å². The second-order valence-corrected chi connectivity index (χ2v) is 7.08. The van der Waals surface area contributed by atoms with Crippen molar-refractivity contribution in [1.29, 1.82) is 5.26 Å². The summed E-state index contributed by atoms with van der Waals surface area (Å²) in [5.41, 5.74) is 1.24. The first-order valence-corrected chi connectivity index (χ1v) is 9.32. The second kappa shape index (κ2) is 8.80. The molecule has 2 aromatic heterocycles. The van der Waals surface area contributed by atoms with Crippen molar-refractivity contribution in [3.05, 3.63) is 36.0 Å². The number of nitriles is 1. The summed E-state index contributed by atoms with van der Waals surface area (Å²) in [7, 11) is 1.63. The van der Waals surface area contributed by atoms with E-state index < -0.39 is 0 Å². The van der Waals surface area contributed by atoms with Gasteiger partial charge in [0.05, 0.1) is 18.8 Å². The zero-order valence-electron chi connectivity index (χ0n) is 16.4. The Morgan fingerprint density at radius 2 is 2.18 bits per heavy atom. The zero-order valence-corrected chi connectivity index (χ0v) is 16.4. The molecule has 1 amide bonds. The number of nitrogens with one attached hydrogen (secondary N) is 1. The van der Waals surface area contributed by atoms with Gasteiger partial charge < -0.3 is 15.0 Å². The molecule has 0 saturated carbocycles. The fourth-order valence-corrected chi connectivity index (χ4v) is 3.52. The molecule has 28 heavy (non-hydrogen) atoms. The Balaban J connectivity index is 1.83. The van der Waals surface area contributed by atoms with E-state index in [4.69, 9.17) is 4.74 Å². The van der Waals surface area contributed by atoms with E-state index in [0.29, 0.717) is 31.9 Å². The monoisotopic (exact) mass is 383 g/mol. The van der Waals surface area contributed by atoms with Crippen molar-refractivity contribution in [2.24, 2.45) is 5.92 Å². The minimum atomic E-state index is -0.107. The highest BCUT2D eigenvalue weighted by Gasteiger charge is 2.41. The Kier molecular flexibility index (Phi) is 6.21. The van der Waals surface area contributed by atoms with Crippen LogP contribution in [0.2, 0.25) is 0 Å². The average molecular weight is 383 g/mol. The van der Waals surface area contributed by atoms with E-state index in [1.165, 1.54) is 12.4 Å². The molecule has 148 valence electrons. The molecule has 1 aliphatic rings. The Hall–Kier alpha value is -2.99. The molecule has 0 unspecified atom stereocenters. The molecule has 9 heteroatoms. The summed E-state index contributed by atoms with van der Waals surface area (Å²) in [5, 5.41) is 16.8. The predicted octanol–water partition coefficient (Wildman–Crippen LogP) is 1.77. The van der Waals surface area contributed by atoms with Crippen LogP contribution in [-0.4, -0.2) is 57.4 Å². The summed E-state index contributed by atoms with van der Waals surface area (Å²) < 4.78 is 7.09. The van der Waals surface area contributed by atoms with Gasteiger partial charge in [-0.05, 0) is 13.8 Å². The van der Waals surface area contributed by atoms with Crippen LogP contribution in [0.15, 0.2) is 24.8 Å². The number of anilines is 1. The largest absolute Gasteiger partial charge is 0.383 e. The number of methoxy groups -OCH3 is 1. The summed E-state index contributed by atoms with van der Waals surface area (Å²) in [4.78, 5) is 22.8. The van der Waals surface area contributed by atoms with Crippen LogP contribution in [0.1, 0.15) is 43.6 Å². The van der Waals surface area contributed by atoms with Crippen molar-refractivity contribution in [3.63, 3.8) is 0 Å². The minimum Gasteiger partial charge on any atom is -0.383 e. The number of ether oxygens (including phenoxy) is 1. The van der Waals surface area contributed by atoms with Crippen LogP contribution in [0, 0.1) is 17.2 Å². The number of nitrogens with zero attached hydrogens (tertiary/aromatic N) is 6. The second-order valence-electron chi connectivity index (χ2n) is 7.08. The van der Waals surface area contributed by atoms with E-state index in [9.17, 15) is 10.1 Å². The molecule has 0 aliphatic carbocycles. The summed E-state index contributed by atoms with van der Waals surface area (Å²) in [6, 6.07) is 2.17. The molecule has 0 bridgehead atoms. The molecule has 1 saturated heterocycles. The lowest BCUT2D eigenvalue weighted by molar-refractivity contribution is -0.129. The smallest absolute Gasteiger partial charge is 0.223 e. The summed E-state index contributed by atoms with van der Waals surface area (Å²) in [6.45, 7) is 5.63. The van der Waals surface area contributed by atoms with Gasteiger partial charge in [0.15, 0.2) is 11.5 Å². The van der Waals surface area contributed by atoms with Crippen molar-refractivity contribution in [1.82, 2.24) is 24.6 Å². The van der Waals surface area contributed by atoms with Gasteiger partial charge in [-0.3, -0.25) is 9.48 Å². The van der Waals surface area contributed by atoms with Crippen molar-refractivity contribution >= 4 is 11.7 Å². The number of carbonyl (C=O) groups excluding carboxylic acids is 1. The molecule has 2 atom stereocenters. The Morgan fingerprint density at radius 3 is 2.86 bits per heavy atom. The van der Waals surface area contributed by atoms with Crippen LogP contribution in [0.25, 0.3) is 0 Å². The van der Waals surface area contributed by atoms with E-state index in [-0.39, 0.29) is 29.6 Å². The van der Waals surface area contributed by atoms with Gasteiger partial charge in [-0.1, -0.05) is 0 Å². The Morgan fingerprint density at radius 1 is 1.39 bits per heavy atom. The third-order valence-corrected chi connectivity index (χ3v) is 4.90. The Bertz CT molecular complexity index is 858. The van der Waals surface area contributed by atoms with E-state index >= 15 is 0 Å². The van der Waals surface area contributed by atoms with Gasteiger partial charge in [0.2, 0.25) is 5.91 Å². The molecule has 3 heterocycles. The first kappa shape index (κ1) is 19.8. The quantitative estimate of drug-likeness (QED) is 0.740. The van der Waals surface area contributed by atoms with Crippen molar-refractivity contribution in [3.8, 4) is 6.07 Å². The third-order valence-electron chi connectivity index (χ3n) is 4.90. The molecule has 0 spiro atoms. The molecule has 0 aromatic carbocycles. The van der Waals surface area contributed by atoms with Gasteiger partial charge >= 0.3 is 0 Å². The van der Waals surface area contributed by atoms with Gasteiger partial charge in [-0.25, -0.2) is 9.97 Å². The fourth-order valence-electron chi connectivity index (χ4n) is 3.52. The third kappa shape index (κ3) is 4.12. The molecule has 1 aliphatic heterocycles. The van der Waals surface area contributed by atoms with Crippen LogP contribution >= 0.6 is 0 Å². The standard InChI is InChI=1S/C19H25N7O2/c1-13(2)26-12-15(11-24-26)18-14(8-17(27)25(18)6-7-28-3)10-23-19-16(9-20)21-4-5-22-19/h4-5,11-14,18H,6-8,10H2,1-3H3,(H,22,23)/t14-,18+/m0/s1. The van der Waals surface area contributed by atoms with E-state index in [1.54, 1.807) is 7.11 Å². The molecule has 9 nitrogen and oxygen atoms in total. The van der Waals surface area contributed by atoms with Crippen molar-refractivity contribution < 1.29 is 9.53 Å². The SMILES string of the molecule is COCCN1C(=O)C[C@@H](CNc2nccnc2C#N)[C@@H]1c1cnn(C(C)C)c1. The molecule has 3 rings (SSSR count). The average Bonchev–Trinajstić information content (AvgIpc) is 3.29. The molecule has 1 fully saturated rings. The van der Waals surface area contributed by atoms with Crippen LogP contribution in [0.5, 0.6) is 0 Å². The van der Waals surface area contributed by atoms with Gasteiger partial charge in [-0.2, -0.15) is 10.4 Å². The summed E-state index contributed by atoms with van der Waals surface area (Å²) in [6.07, 6.45) is 7.27. The number of carbonyl (C=O) groups is 1. The molecule has 2 aromatic rings. The molecule has 1 N–H and O–H groups in total. The highest BCUT2D eigenvalue weighted by molar-refractivity contribution is 5.79. The van der Waals surface area contributed by atoms with Gasteiger partial charge in [0.1, 0.15) is 6.07 Å². The maximum absolute atomic E-state index is 12.7. The fraction of sp³-hybridized carbons (Fsp3) is 0.526. The number of hydrogen-bond donors (Lipinski definition) is 1. The first-order chi connectivity index (χ1) is 13.5.